The van der Waals surface area contributed by atoms with Crippen LogP contribution in [-0.4, -0.2) is 25.5 Å². The van der Waals surface area contributed by atoms with Gasteiger partial charge in [0, 0.05) is 25.2 Å². The molecule has 1 heterocycles. The normalized spacial score (nSPS) is 10.0. The lowest BCUT2D eigenvalue weighted by molar-refractivity contribution is -0.122. The lowest BCUT2D eigenvalue weighted by Gasteiger charge is -2.08. The second-order valence-electron chi connectivity index (χ2n) is 4.67. The molecule has 0 unspecified atom stereocenters. The lowest BCUT2D eigenvalue weighted by Crippen LogP contribution is -2.24. The van der Waals surface area contributed by atoms with Crippen molar-refractivity contribution in [2.45, 2.75) is 12.8 Å². The molecule has 0 fully saturated rings. The van der Waals surface area contributed by atoms with E-state index in [1.54, 1.807) is 42.6 Å². The standard InChI is InChI=1S/C16H18N2O3S/c1-17-16(20)10-21-14-4-2-3-13(9-14)18-15(19)6-5-12-7-8-22-11-12/h2-4,7-9,11H,5-6,10H2,1H3,(H,17,20)(H,18,19). The van der Waals surface area contributed by atoms with Gasteiger partial charge in [-0.25, -0.2) is 0 Å². The van der Waals surface area contributed by atoms with E-state index >= 15 is 0 Å². The Bertz CT molecular complexity index is 626. The van der Waals surface area contributed by atoms with Gasteiger partial charge in [-0.1, -0.05) is 6.07 Å². The largest absolute Gasteiger partial charge is 0.484 e. The summed E-state index contributed by atoms with van der Waals surface area (Å²) in [7, 11) is 1.55. The third-order valence-electron chi connectivity index (χ3n) is 2.99. The van der Waals surface area contributed by atoms with Crippen LogP contribution in [0.3, 0.4) is 0 Å². The van der Waals surface area contributed by atoms with Crippen molar-refractivity contribution >= 4 is 28.8 Å². The number of thiophene rings is 1. The van der Waals surface area contributed by atoms with Crippen molar-refractivity contribution in [1.29, 1.82) is 0 Å². The van der Waals surface area contributed by atoms with E-state index in [1.807, 2.05) is 16.8 Å². The molecule has 1 aromatic carbocycles. The summed E-state index contributed by atoms with van der Waals surface area (Å²) < 4.78 is 5.34. The molecule has 116 valence electrons. The maximum atomic E-state index is 11.9. The quantitative estimate of drug-likeness (QED) is 0.824. The minimum Gasteiger partial charge on any atom is -0.484 e. The highest BCUT2D eigenvalue weighted by molar-refractivity contribution is 7.07. The molecule has 0 bridgehead atoms. The van der Waals surface area contributed by atoms with Crippen molar-refractivity contribution in [3.63, 3.8) is 0 Å². The van der Waals surface area contributed by atoms with Gasteiger partial charge in [-0.05, 0) is 40.9 Å². The predicted octanol–water partition coefficient (Wildman–Crippen LogP) is 2.44. The Balaban J connectivity index is 1.84. The fourth-order valence-corrected chi connectivity index (χ4v) is 2.50. The highest BCUT2D eigenvalue weighted by Crippen LogP contribution is 2.18. The number of anilines is 1. The molecule has 2 N–H and O–H groups in total. The first-order valence-electron chi connectivity index (χ1n) is 6.92. The fraction of sp³-hybridized carbons (Fsp3) is 0.250. The molecule has 22 heavy (non-hydrogen) atoms. The number of hydrogen-bond acceptors (Lipinski definition) is 4. The Morgan fingerprint density at radius 2 is 2.09 bits per heavy atom. The van der Waals surface area contributed by atoms with Crippen LogP contribution in [-0.2, 0) is 16.0 Å². The van der Waals surface area contributed by atoms with E-state index in [2.05, 4.69) is 10.6 Å². The van der Waals surface area contributed by atoms with Gasteiger partial charge in [-0.15, -0.1) is 0 Å². The zero-order chi connectivity index (χ0) is 15.8. The van der Waals surface area contributed by atoms with Gasteiger partial charge in [-0.2, -0.15) is 11.3 Å². The number of hydrogen-bond donors (Lipinski definition) is 2. The molecule has 0 saturated carbocycles. The van der Waals surface area contributed by atoms with Gasteiger partial charge in [-0.3, -0.25) is 9.59 Å². The Morgan fingerprint density at radius 3 is 2.82 bits per heavy atom. The van der Waals surface area contributed by atoms with E-state index in [9.17, 15) is 9.59 Å². The van der Waals surface area contributed by atoms with E-state index in [4.69, 9.17) is 4.74 Å². The summed E-state index contributed by atoms with van der Waals surface area (Å²) in [6.07, 6.45) is 1.16. The Morgan fingerprint density at radius 1 is 1.23 bits per heavy atom. The monoisotopic (exact) mass is 318 g/mol. The summed E-state index contributed by atoms with van der Waals surface area (Å²) in [4.78, 5) is 23.1. The molecule has 0 saturated heterocycles. The number of nitrogens with one attached hydrogen (secondary N) is 2. The van der Waals surface area contributed by atoms with E-state index in [-0.39, 0.29) is 18.4 Å². The number of rotatable bonds is 7. The summed E-state index contributed by atoms with van der Waals surface area (Å²) in [6.45, 7) is -0.0495. The maximum absolute atomic E-state index is 11.9. The highest BCUT2D eigenvalue weighted by atomic mass is 32.1. The fourth-order valence-electron chi connectivity index (χ4n) is 1.80. The number of carbonyl (C=O) groups is 2. The van der Waals surface area contributed by atoms with Gasteiger partial charge in [0.05, 0.1) is 0 Å². The number of carbonyl (C=O) groups excluding carboxylic acids is 2. The third-order valence-corrected chi connectivity index (χ3v) is 3.72. The predicted molar refractivity (Wildman–Crippen MR) is 87.3 cm³/mol. The molecule has 2 amide bonds. The number of aryl methyl sites for hydroxylation is 1. The number of amides is 2. The van der Waals surface area contributed by atoms with Crippen LogP contribution < -0.4 is 15.4 Å². The van der Waals surface area contributed by atoms with E-state index < -0.39 is 0 Å². The maximum Gasteiger partial charge on any atom is 0.257 e. The molecule has 1 aromatic heterocycles. The minimum atomic E-state index is -0.204. The molecule has 0 aliphatic heterocycles. The Kier molecular flexibility index (Phi) is 5.97. The first kappa shape index (κ1) is 16.0. The van der Waals surface area contributed by atoms with Crippen LogP contribution in [0.5, 0.6) is 5.75 Å². The Hall–Kier alpha value is -2.34. The zero-order valence-electron chi connectivity index (χ0n) is 12.3. The van der Waals surface area contributed by atoms with Crippen molar-refractivity contribution < 1.29 is 14.3 Å². The third kappa shape index (κ3) is 5.21. The van der Waals surface area contributed by atoms with Crippen molar-refractivity contribution in [1.82, 2.24) is 5.32 Å². The highest BCUT2D eigenvalue weighted by Gasteiger charge is 2.05. The van der Waals surface area contributed by atoms with Gasteiger partial charge in [0.1, 0.15) is 5.75 Å². The summed E-state index contributed by atoms with van der Waals surface area (Å²) in [5.74, 6) is 0.291. The molecule has 0 aliphatic carbocycles. The van der Waals surface area contributed by atoms with Crippen molar-refractivity contribution in [2.24, 2.45) is 0 Å². The SMILES string of the molecule is CNC(=O)COc1cccc(NC(=O)CCc2ccsc2)c1. The first-order chi connectivity index (χ1) is 10.7. The van der Waals surface area contributed by atoms with Crippen molar-refractivity contribution in [3.05, 3.63) is 46.7 Å². The van der Waals surface area contributed by atoms with Gasteiger partial charge < -0.3 is 15.4 Å². The molecule has 0 spiro atoms. The van der Waals surface area contributed by atoms with Crippen LogP contribution in [0.4, 0.5) is 5.69 Å². The molecular weight excluding hydrogens is 300 g/mol. The van der Waals surface area contributed by atoms with Crippen LogP contribution in [0.1, 0.15) is 12.0 Å². The summed E-state index contributed by atoms with van der Waals surface area (Å²) >= 11 is 1.63. The summed E-state index contributed by atoms with van der Waals surface area (Å²) in [5, 5.41) is 9.35. The van der Waals surface area contributed by atoms with Gasteiger partial charge in [0.25, 0.3) is 5.91 Å². The molecule has 6 heteroatoms. The smallest absolute Gasteiger partial charge is 0.257 e. The molecule has 0 radical (unpaired) electrons. The average molecular weight is 318 g/mol. The summed E-state index contributed by atoms with van der Waals surface area (Å²) in [5.41, 5.74) is 1.83. The van der Waals surface area contributed by atoms with Crippen LogP contribution in [0.25, 0.3) is 0 Å². The number of benzene rings is 1. The van der Waals surface area contributed by atoms with Gasteiger partial charge >= 0.3 is 0 Å². The van der Waals surface area contributed by atoms with Crippen molar-refractivity contribution in [2.75, 3.05) is 19.0 Å². The minimum absolute atomic E-state index is 0.0466. The zero-order valence-corrected chi connectivity index (χ0v) is 13.1. The van der Waals surface area contributed by atoms with Gasteiger partial charge in [0.2, 0.25) is 5.91 Å². The van der Waals surface area contributed by atoms with Crippen LogP contribution >= 0.6 is 11.3 Å². The van der Waals surface area contributed by atoms with Gasteiger partial charge in [0.15, 0.2) is 6.61 Å². The molecule has 0 aliphatic rings. The number of likely N-dealkylation sites (N-methyl/N-ethyl adjacent to an activating group) is 1. The Labute approximate surface area is 133 Å². The molecular formula is C16H18N2O3S. The summed E-state index contributed by atoms with van der Waals surface area (Å²) in [6, 6.07) is 9.02. The topological polar surface area (TPSA) is 67.4 Å². The van der Waals surface area contributed by atoms with E-state index in [0.29, 0.717) is 17.9 Å². The van der Waals surface area contributed by atoms with Crippen molar-refractivity contribution in [3.8, 4) is 5.75 Å². The number of ether oxygens (including phenoxy) is 1. The molecule has 2 rings (SSSR count). The average Bonchev–Trinajstić information content (AvgIpc) is 3.04. The van der Waals surface area contributed by atoms with Crippen LogP contribution in [0, 0.1) is 0 Å². The van der Waals surface area contributed by atoms with E-state index in [0.717, 1.165) is 6.42 Å². The molecule has 2 aromatic rings. The lowest BCUT2D eigenvalue weighted by atomic mass is 10.2. The van der Waals surface area contributed by atoms with E-state index in [1.165, 1.54) is 5.56 Å². The van der Waals surface area contributed by atoms with Crippen LogP contribution in [0.15, 0.2) is 41.1 Å². The second kappa shape index (κ2) is 8.19. The molecule has 0 atom stereocenters. The second-order valence-corrected chi connectivity index (χ2v) is 5.45. The van der Waals surface area contributed by atoms with Crippen LogP contribution in [0.2, 0.25) is 0 Å². The molecule has 5 nitrogen and oxygen atoms in total. The first-order valence-corrected chi connectivity index (χ1v) is 7.86.